The summed E-state index contributed by atoms with van der Waals surface area (Å²) in [6.07, 6.45) is -0.139. The van der Waals surface area contributed by atoms with E-state index in [1.807, 2.05) is 13.8 Å². The van der Waals surface area contributed by atoms with Crippen molar-refractivity contribution in [3.8, 4) is 5.75 Å². The fraction of sp³-hybridized carbons (Fsp3) is 0.350. The molecule has 1 fully saturated rings. The Balaban J connectivity index is 1.93. The van der Waals surface area contributed by atoms with Crippen LogP contribution in [-0.2, 0) is 14.8 Å². The summed E-state index contributed by atoms with van der Waals surface area (Å²) in [5, 5.41) is 2.78. The Hall–Kier alpha value is -1.94. The van der Waals surface area contributed by atoms with Gasteiger partial charge in [-0.05, 0) is 56.3 Å². The molecule has 1 heterocycles. The van der Waals surface area contributed by atoms with Crippen molar-refractivity contribution in [3.05, 3.63) is 52.5 Å². The maximum absolute atomic E-state index is 13.0. The van der Waals surface area contributed by atoms with Crippen molar-refractivity contribution in [2.75, 3.05) is 31.6 Å². The van der Waals surface area contributed by atoms with Gasteiger partial charge in [0.25, 0.3) is 5.91 Å². The molecule has 0 aliphatic carbocycles. The molecule has 0 atom stereocenters. The minimum atomic E-state index is -3.70. The summed E-state index contributed by atoms with van der Waals surface area (Å²) in [6, 6.07) is 11.4. The first-order valence-corrected chi connectivity index (χ1v) is 11.5. The van der Waals surface area contributed by atoms with E-state index in [-0.39, 0.29) is 16.9 Å². The number of morpholine rings is 1. The fourth-order valence-electron chi connectivity index (χ4n) is 2.86. The van der Waals surface area contributed by atoms with E-state index in [2.05, 4.69) is 21.2 Å². The van der Waals surface area contributed by atoms with E-state index in [1.165, 1.54) is 16.4 Å². The number of hydrogen-bond acceptors (Lipinski definition) is 5. The third-order valence-corrected chi connectivity index (χ3v) is 6.70. The van der Waals surface area contributed by atoms with Gasteiger partial charge in [0.1, 0.15) is 5.75 Å². The Morgan fingerprint density at radius 2 is 1.79 bits per heavy atom. The van der Waals surface area contributed by atoms with Gasteiger partial charge < -0.3 is 14.8 Å². The minimum Gasteiger partial charge on any atom is -0.489 e. The van der Waals surface area contributed by atoms with Gasteiger partial charge in [-0.25, -0.2) is 8.42 Å². The lowest BCUT2D eigenvalue weighted by molar-refractivity contribution is 0.0730. The second kappa shape index (κ2) is 9.25. The van der Waals surface area contributed by atoms with Crippen molar-refractivity contribution < 1.29 is 22.7 Å². The number of benzene rings is 2. The quantitative estimate of drug-likeness (QED) is 0.680. The lowest BCUT2D eigenvalue weighted by Crippen LogP contribution is -2.40. The second-order valence-corrected chi connectivity index (χ2v) is 9.66. The minimum absolute atomic E-state index is 0.0987. The van der Waals surface area contributed by atoms with Gasteiger partial charge in [0.15, 0.2) is 0 Å². The summed E-state index contributed by atoms with van der Waals surface area (Å²) in [5.74, 6) is 0.0541. The van der Waals surface area contributed by atoms with Crippen molar-refractivity contribution in [2.45, 2.75) is 24.8 Å². The lowest BCUT2D eigenvalue weighted by atomic mass is 10.2. The van der Waals surface area contributed by atoms with Crippen molar-refractivity contribution in [2.24, 2.45) is 0 Å². The van der Waals surface area contributed by atoms with Crippen LogP contribution in [0.2, 0.25) is 0 Å². The molecular weight excluding hydrogens is 460 g/mol. The molecule has 0 bridgehead atoms. The number of rotatable bonds is 6. The molecule has 0 aromatic heterocycles. The highest BCUT2D eigenvalue weighted by Crippen LogP contribution is 2.31. The predicted molar refractivity (Wildman–Crippen MR) is 114 cm³/mol. The number of carbonyl (C=O) groups excluding carboxylic acids is 1. The highest BCUT2D eigenvalue weighted by molar-refractivity contribution is 9.10. The number of amides is 1. The van der Waals surface area contributed by atoms with Crippen LogP contribution in [-0.4, -0.2) is 51.0 Å². The van der Waals surface area contributed by atoms with Gasteiger partial charge in [-0.2, -0.15) is 4.31 Å². The van der Waals surface area contributed by atoms with Gasteiger partial charge in [0.05, 0.1) is 29.9 Å². The van der Waals surface area contributed by atoms with Crippen LogP contribution >= 0.6 is 15.9 Å². The number of carbonyl (C=O) groups is 1. The number of ether oxygens (including phenoxy) is 2. The molecule has 2 aromatic rings. The van der Waals surface area contributed by atoms with Crippen LogP contribution in [0.1, 0.15) is 24.2 Å². The zero-order chi connectivity index (χ0) is 21.0. The summed E-state index contributed by atoms with van der Waals surface area (Å²) >= 11 is 3.34. The first kappa shape index (κ1) is 21.8. The Morgan fingerprint density at radius 1 is 1.14 bits per heavy atom. The fourth-order valence-corrected chi connectivity index (χ4v) is 4.55. The largest absolute Gasteiger partial charge is 0.489 e. The van der Waals surface area contributed by atoms with Crippen molar-refractivity contribution in [3.63, 3.8) is 0 Å². The average molecular weight is 483 g/mol. The maximum atomic E-state index is 13.0. The standard InChI is InChI=1S/C20H23BrN2O5S/c1-14(2)28-19-8-7-17(29(25,26)23-9-11-27-12-10-23)13-18(19)22-20(24)15-3-5-16(21)6-4-15/h3-8,13-14H,9-12H2,1-2H3,(H,22,24). The van der Waals surface area contributed by atoms with Crippen LogP contribution in [0.3, 0.4) is 0 Å². The van der Waals surface area contributed by atoms with E-state index >= 15 is 0 Å². The van der Waals surface area contributed by atoms with E-state index in [4.69, 9.17) is 9.47 Å². The van der Waals surface area contributed by atoms with Crippen LogP contribution < -0.4 is 10.1 Å². The van der Waals surface area contributed by atoms with E-state index in [9.17, 15) is 13.2 Å². The molecule has 1 N–H and O–H groups in total. The molecule has 29 heavy (non-hydrogen) atoms. The third-order valence-electron chi connectivity index (χ3n) is 4.28. The van der Waals surface area contributed by atoms with Gasteiger partial charge in [-0.1, -0.05) is 15.9 Å². The number of anilines is 1. The smallest absolute Gasteiger partial charge is 0.255 e. The molecule has 0 saturated carbocycles. The molecular formula is C20H23BrN2O5S. The summed E-state index contributed by atoms with van der Waals surface area (Å²) in [5.41, 5.74) is 0.756. The Kier molecular flexibility index (Phi) is 6.94. The van der Waals surface area contributed by atoms with Crippen LogP contribution in [0.15, 0.2) is 51.8 Å². The van der Waals surface area contributed by atoms with Gasteiger partial charge in [-0.15, -0.1) is 0 Å². The van der Waals surface area contributed by atoms with Crippen molar-refractivity contribution in [1.82, 2.24) is 4.31 Å². The zero-order valence-electron chi connectivity index (χ0n) is 16.2. The van der Waals surface area contributed by atoms with Crippen LogP contribution in [0.5, 0.6) is 5.75 Å². The molecule has 3 rings (SSSR count). The summed E-state index contributed by atoms with van der Waals surface area (Å²) in [4.78, 5) is 12.8. The van der Waals surface area contributed by atoms with Gasteiger partial charge in [-0.3, -0.25) is 4.79 Å². The van der Waals surface area contributed by atoms with Gasteiger partial charge in [0, 0.05) is 23.1 Å². The van der Waals surface area contributed by atoms with Crippen molar-refractivity contribution in [1.29, 1.82) is 0 Å². The molecule has 1 amide bonds. The molecule has 1 aliphatic heterocycles. The Bertz CT molecular complexity index is 971. The van der Waals surface area contributed by atoms with E-state index in [0.29, 0.717) is 43.3 Å². The lowest BCUT2D eigenvalue weighted by Gasteiger charge is -2.26. The highest BCUT2D eigenvalue weighted by atomic mass is 79.9. The van der Waals surface area contributed by atoms with E-state index in [1.54, 1.807) is 30.3 Å². The highest BCUT2D eigenvalue weighted by Gasteiger charge is 2.27. The first-order chi connectivity index (χ1) is 13.8. The van der Waals surface area contributed by atoms with Crippen LogP contribution in [0, 0.1) is 0 Å². The molecule has 156 valence electrons. The predicted octanol–water partition coefficient (Wildman–Crippen LogP) is 3.51. The topological polar surface area (TPSA) is 84.9 Å². The molecule has 9 heteroatoms. The molecule has 0 radical (unpaired) electrons. The average Bonchev–Trinajstić information content (AvgIpc) is 2.70. The van der Waals surface area contributed by atoms with Crippen LogP contribution in [0.4, 0.5) is 5.69 Å². The third kappa shape index (κ3) is 5.36. The number of halogens is 1. The molecule has 0 unspecified atom stereocenters. The normalized spacial score (nSPS) is 15.3. The van der Waals surface area contributed by atoms with E-state index in [0.717, 1.165) is 4.47 Å². The number of hydrogen-bond donors (Lipinski definition) is 1. The maximum Gasteiger partial charge on any atom is 0.255 e. The van der Waals surface area contributed by atoms with Gasteiger partial charge >= 0.3 is 0 Å². The van der Waals surface area contributed by atoms with Gasteiger partial charge in [0.2, 0.25) is 10.0 Å². The molecule has 2 aromatic carbocycles. The van der Waals surface area contributed by atoms with Crippen molar-refractivity contribution >= 4 is 37.5 Å². The SMILES string of the molecule is CC(C)Oc1ccc(S(=O)(=O)N2CCOCC2)cc1NC(=O)c1ccc(Br)cc1. The summed E-state index contributed by atoms with van der Waals surface area (Å²) < 4.78 is 39.2. The Morgan fingerprint density at radius 3 is 2.41 bits per heavy atom. The molecule has 1 saturated heterocycles. The second-order valence-electron chi connectivity index (χ2n) is 6.80. The molecule has 1 aliphatic rings. The van der Waals surface area contributed by atoms with E-state index < -0.39 is 10.0 Å². The number of nitrogens with zero attached hydrogens (tertiary/aromatic N) is 1. The summed E-state index contributed by atoms with van der Waals surface area (Å²) in [6.45, 7) is 5.04. The number of sulfonamides is 1. The first-order valence-electron chi connectivity index (χ1n) is 9.23. The molecule has 0 spiro atoms. The Labute approximate surface area is 179 Å². The van der Waals surface area contributed by atoms with Crippen LogP contribution in [0.25, 0.3) is 0 Å². The number of nitrogens with one attached hydrogen (secondary N) is 1. The monoisotopic (exact) mass is 482 g/mol. The molecule has 7 nitrogen and oxygen atoms in total. The summed E-state index contributed by atoms with van der Waals surface area (Å²) in [7, 11) is -3.70. The zero-order valence-corrected chi connectivity index (χ0v) is 18.6.